The van der Waals surface area contributed by atoms with Crippen LogP contribution in [-0.4, -0.2) is 37.4 Å². The summed E-state index contributed by atoms with van der Waals surface area (Å²) < 4.78 is 0. The van der Waals surface area contributed by atoms with Crippen LogP contribution in [0.2, 0.25) is 0 Å². The van der Waals surface area contributed by atoms with Gasteiger partial charge in [-0.25, -0.2) is 0 Å². The van der Waals surface area contributed by atoms with Crippen LogP contribution in [0.4, 0.5) is 51.2 Å². The first-order valence-corrected chi connectivity index (χ1v) is 22.3. The highest BCUT2D eigenvalue weighted by molar-refractivity contribution is 6.53. The molecule has 68 heavy (non-hydrogen) atoms. The van der Waals surface area contributed by atoms with Crippen LogP contribution in [0.5, 0.6) is 0 Å². The third-order valence-electron chi connectivity index (χ3n) is 12.1. The Labute approximate surface area is 394 Å². The van der Waals surface area contributed by atoms with Gasteiger partial charge in [0.1, 0.15) is 33.5 Å². The number of rotatable bonds is 12. The van der Waals surface area contributed by atoms with E-state index < -0.39 is 0 Å². The molecule has 0 saturated carbocycles. The number of hydrogen-bond donors (Lipinski definition) is 2. The summed E-state index contributed by atoms with van der Waals surface area (Å²) in [6.45, 7) is 0. The largest absolute Gasteiger partial charge is 0.332 e. The molecule has 2 N–H and O–H groups in total. The Morgan fingerprint density at radius 1 is 0.426 bits per heavy atom. The molecule has 2 aliphatic rings. The van der Waals surface area contributed by atoms with E-state index in [9.17, 15) is 10.8 Å². The molecule has 7 aromatic carbocycles. The Morgan fingerprint density at radius 3 is 1.31 bits per heavy atom. The Bertz CT molecular complexity index is 3390. The Morgan fingerprint density at radius 2 is 0.853 bits per heavy atom. The maximum atomic E-state index is 9.74. The fraction of sp³-hybridized carbons (Fsp3) is 0.0345. The standard InChI is InChI=1S/C58H42N10/c59-53-47(65(41-19-7-1-8-20-41)42-21-9-2-10-22-42)31-32-48(54(53)60)67(45-27-15-5-16-28-45)50-35-36-52(58-56(50)62-39-40-64-58)68(46-29-17-6-18-30-46)51-34-33-49(55-57(51)63-38-37-61-55)66(43-23-11-3-12-24-43)44-25-13-4-14-26-44/h1-3,5-13,15-23,25-40,43,59-60H,24H2. The summed E-state index contributed by atoms with van der Waals surface area (Å²) in [6.07, 6.45) is 20.1. The SMILES string of the molecule is N=C1C(=N)C(N(c2ccccc2)c2ccc(N(c3ccccc3)c3ccc(N(c4cc#ccc4)C4C=CC=CC4)c4nccnc34)c3nccnc23)=CC=C1N(c1ccccc1)c1ccccc1. The molecule has 11 rings (SSSR count). The summed E-state index contributed by atoms with van der Waals surface area (Å²) in [5.41, 5.74) is 11.5. The van der Waals surface area contributed by atoms with Gasteiger partial charge in [-0.15, -0.1) is 0 Å². The van der Waals surface area contributed by atoms with Crippen molar-refractivity contribution in [2.45, 2.75) is 12.5 Å². The molecule has 9 aromatic rings. The minimum absolute atomic E-state index is 0.0367. The maximum absolute atomic E-state index is 9.74. The molecule has 0 bridgehead atoms. The van der Waals surface area contributed by atoms with E-state index in [0.29, 0.717) is 33.6 Å². The van der Waals surface area contributed by atoms with Crippen LogP contribution in [0.15, 0.2) is 236 Å². The van der Waals surface area contributed by atoms with Crippen LogP contribution >= 0.6 is 0 Å². The van der Waals surface area contributed by atoms with Gasteiger partial charge in [-0.05, 0) is 104 Å². The predicted molar refractivity (Wildman–Crippen MR) is 275 cm³/mol. The van der Waals surface area contributed by atoms with E-state index in [1.807, 2.05) is 155 Å². The van der Waals surface area contributed by atoms with E-state index in [2.05, 4.69) is 76.6 Å². The van der Waals surface area contributed by atoms with Crippen molar-refractivity contribution < 1.29 is 0 Å². The van der Waals surface area contributed by atoms with Crippen molar-refractivity contribution in [2.24, 2.45) is 0 Å². The molecule has 2 heterocycles. The zero-order valence-electron chi connectivity index (χ0n) is 36.7. The van der Waals surface area contributed by atoms with Gasteiger partial charge in [0.05, 0.1) is 45.9 Å². The monoisotopic (exact) mass is 878 g/mol. The highest BCUT2D eigenvalue weighted by Crippen LogP contribution is 2.46. The molecule has 2 aromatic heterocycles. The average molecular weight is 879 g/mol. The van der Waals surface area contributed by atoms with Crippen LogP contribution in [-0.2, 0) is 0 Å². The smallest absolute Gasteiger partial charge is 0.115 e. The van der Waals surface area contributed by atoms with E-state index in [1.54, 1.807) is 24.8 Å². The normalized spacial score (nSPS) is 14.3. The van der Waals surface area contributed by atoms with E-state index in [0.717, 1.165) is 57.4 Å². The summed E-state index contributed by atoms with van der Waals surface area (Å²) in [4.78, 5) is 28.7. The topological polar surface area (TPSA) is 112 Å². The first kappa shape index (κ1) is 41.3. The molecule has 0 saturated heterocycles. The molecule has 10 nitrogen and oxygen atoms in total. The number of allylic oxidation sites excluding steroid dienone is 6. The molecule has 0 amide bonds. The summed E-state index contributed by atoms with van der Waals surface area (Å²) in [5, 5.41) is 19.4. The highest BCUT2D eigenvalue weighted by Gasteiger charge is 2.32. The first-order valence-electron chi connectivity index (χ1n) is 22.3. The van der Waals surface area contributed by atoms with E-state index in [4.69, 9.17) is 19.9 Å². The third-order valence-corrected chi connectivity index (χ3v) is 12.1. The number of nitrogens with one attached hydrogen (secondary N) is 2. The number of fused-ring (bicyclic) bond motifs is 2. The van der Waals surface area contributed by atoms with Crippen molar-refractivity contribution in [3.05, 3.63) is 249 Å². The molecule has 1 atom stereocenters. The van der Waals surface area contributed by atoms with Crippen molar-refractivity contribution in [1.82, 2.24) is 19.9 Å². The lowest BCUT2D eigenvalue weighted by atomic mass is 9.98. The second-order valence-corrected chi connectivity index (χ2v) is 16.1. The Balaban J connectivity index is 1.08. The van der Waals surface area contributed by atoms with Gasteiger partial charge in [0.25, 0.3) is 0 Å². The number of benzene rings is 6. The minimum atomic E-state index is 0.0367. The van der Waals surface area contributed by atoms with Crippen molar-refractivity contribution in [3.8, 4) is 0 Å². The van der Waals surface area contributed by atoms with Crippen LogP contribution in [0.25, 0.3) is 22.1 Å². The number of hydrogen-bond acceptors (Lipinski definition) is 10. The van der Waals surface area contributed by atoms with Gasteiger partial charge in [0, 0.05) is 53.6 Å². The van der Waals surface area contributed by atoms with E-state index in [1.165, 1.54) is 0 Å². The molecule has 2 aliphatic carbocycles. The Hall–Kier alpha value is -9.46. The lowest BCUT2D eigenvalue weighted by Crippen LogP contribution is -2.35. The van der Waals surface area contributed by atoms with Crippen LogP contribution in [0.3, 0.4) is 0 Å². The lowest BCUT2D eigenvalue weighted by molar-refractivity contribution is 0.786. The van der Waals surface area contributed by atoms with Crippen molar-refractivity contribution in [3.63, 3.8) is 0 Å². The molecule has 324 valence electrons. The van der Waals surface area contributed by atoms with Crippen molar-refractivity contribution in [2.75, 3.05) is 19.6 Å². The van der Waals surface area contributed by atoms with Gasteiger partial charge in [0.15, 0.2) is 0 Å². The molecule has 0 aliphatic heterocycles. The van der Waals surface area contributed by atoms with Gasteiger partial charge >= 0.3 is 0 Å². The second kappa shape index (κ2) is 18.2. The third kappa shape index (κ3) is 7.59. The maximum Gasteiger partial charge on any atom is 0.115 e. The zero-order valence-corrected chi connectivity index (χ0v) is 36.7. The summed E-state index contributed by atoms with van der Waals surface area (Å²) in [7, 11) is 0. The zero-order chi connectivity index (χ0) is 45.8. The number of para-hydroxylation sites is 4. The summed E-state index contributed by atoms with van der Waals surface area (Å²) >= 11 is 0. The molecule has 1 unspecified atom stereocenters. The Kier molecular flexibility index (Phi) is 11.0. The van der Waals surface area contributed by atoms with Crippen LogP contribution in [0.1, 0.15) is 6.42 Å². The molecular weight excluding hydrogens is 837 g/mol. The minimum Gasteiger partial charge on any atom is -0.332 e. The second-order valence-electron chi connectivity index (χ2n) is 16.1. The van der Waals surface area contributed by atoms with Gasteiger partial charge in [0.2, 0.25) is 0 Å². The van der Waals surface area contributed by atoms with E-state index in [-0.39, 0.29) is 17.5 Å². The summed E-state index contributed by atoms with van der Waals surface area (Å²) in [6, 6.07) is 60.5. The lowest BCUT2D eigenvalue weighted by Gasteiger charge is -2.35. The molecule has 10 heteroatoms. The molecule has 0 spiro atoms. The van der Waals surface area contributed by atoms with Gasteiger partial charge in [-0.1, -0.05) is 109 Å². The van der Waals surface area contributed by atoms with E-state index >= 15 is 0 Å². The molecule has 0 radical (unpaired) electrons. The number of aromatic nitrogens is 4. The predicted octanol–water partition coefficient (Wildman–Crippen LogP) is 13.5. The fourth-order valence-corrected chi connectivity index (χ4v) is 9.05. The first-order chi connectivity index (χ1) is 33.6. The number of anilines is 9. The molecule has 0 fully saturated rings. The van der Waals surface area contributed by atoms with Crippen LogP contribution < -0.4 is 19.6 Å². The van der Waals surface area contributed by atoms with Crippen molar-refractivity contribution in [1.29, 1.82) is 10.8 Å². The van der Waals surface area contributed by atoms with Gasteiger partial charge < -0.3 is 19.6 Å². The number of nitrogens with zero attached hydrogens (tertiary/aromatic N) is 8. The van der Waals surface area contributed by atoms with Crippen LogP contribution in [0, 0.1) is 23.0 Å². The van der Waals surface area contributed by atoms with Crippen molar-refractivity contribution >= 4 is 84.7 Å². The fourth-order valence-electron chi connectivity index (χ4n) is 9.05. The van der Waals surface area contributed by atoms with Gasteiger partial charge in [-0.2, -0.15) is 0 Å². The van der Waals surface area contributed by atoms with Gasteiger partial charge in [-0.3, -0.25) is 30.8 Å². The molecular formula is C58H42N10. The average Bonchev–Trinajstić information content (AvgIpc) is 3.41. The summed E-state index contributed by atoms with van der Waals surface area (Å²) in [5.74, 6) is 0. The quantitative estimate of drug-likeness (QED) is 0.117. The highest BCUT2D eigenvalue weighted by atomic mass is 15.2.